The normalized spacial score (nSPS) is 13.9. The smallest absolute Gasteiger partial charge is 0.135 e. The zero-order valence-electron chi connectivity index (χ0n) is 29.8. The first kappa shape index (κ1) is 28.2. The van der Waals surface area contributed by atoms with Gasteiger partial charge in [0, 0.05) is 66.3 Å². The zero-order valence-corrected chi connectivity index (χ0v) is 29.1. The van der Waals surface area contributed by atoms with Crippen LogP contribution < -0.4 is 14.5 Å². The van der Waals surface area contributed by atoms with Gasteiger partial charge in [-0.25, -0.2) is 4.98 Å². The molecule has 0 N–H and O–H groups in total. The Balaban J connectivity index is 0.00000406. The van der Waals surface area contributed by atoms with Gasteiger partial charge in [-0.05, 0) is 64.7 Å². The maximum absolute atomic E-state index is 7.95. The van der Waals surface area contributed by atoms with Crippen molar-refractivity contribution in [1.82, 2.24) is 9.55 Å². The molecule has 0 amide bonds. The molecule has 0 saturated carbocycles. The monoisotopic (exact) mass is 809 g/mol. The first-order valence-corrected chi connectivity index (χ1v) is 15.7. The number of pyridine rings is 1. The summed E-state index contributed by atoms with van der Waals surface area (Å²) in [6.07, 6.45) is 1.54. The van der Waals surface area contributed by atoms with Crippen LogP contribution in [0.4, 0.5) is 17.1 Å². The number of anilines is 3. The molecule has 0 spiro atoms. The fourth-order valence-corrected chi connectivity index (χ4v) is 6.29. The summed E-state index contributed by atoms with van der Waals surface area (Å²) in [6, 6.07) is 45.1. The molecule has 0 bridgehead atoms. The first-order chi connectivity index (χ1) is 24.0. The van der Waals surface area contributed by atoms with Crippen LogP contribution in [-0.2, 0) is 33.0 Å². The van der Waals surface area contributed by atoms with Crippen LogP contribution in [0.5, 0.6) is 11.5 Å². The molecule has 6 heteroatoms. The molecule has 7 aromatic rings. The summed E-state index contributed by atoms with van der Waals surface area (Å²) >= 11 is 0. The second kappa shape index (κ2) is 12.6. The van der Waals surface area contributed by atoms with E-state index in [1.165, 1.54) is 23.4 Å². The van der Waals surface area contributed by atoms with Gasteiger partial charge in [-0.3, -0.25) is 0 Å². The van der Waals surface area contributed by atoms with Crippen LogP contribution in [0.15, 0.2) is 121 Å². The molecule has 5 aromatic carbocycles. The van der Waals surface area contributed by atoms with Crippen molar-refractivity contribution in [3.8, 4) is 17.3 Å². The van der Waals surface area contributed by atoms with Gasteiger partial charge in [0.2, 0.25) is 0 Å². The minimum absolute atomic E-state index is 0. The van der Waals surface area contributed by atoms with Crippen LogP contribution in [0, 0.1) is 25.7 Å². The third-order valence-electron chi connectivity index (χ3n) is 8.62. The predicted molar refractivity (Wildman–Crippen MR) is 192 cm³/mol. The molecular formula is C42H35N4OPt-3. The van der Waals surface area contributed by atoms with Crippen LogP contribution in [0.3, 0.4) is 0 Å². The standard InChI is InChI=1S/C42H35N4O.Pt/c1-29-21-22-43-41(23-29)46-37-16-6-5-15-35(37)36-20-19-34(26-40(36)46)47-33-14-10-13-32(25-33)45-28-44(38-17-7-8-18-39(38)45)27-30-11-9-12-31(24-30)42(2,3)4;/h5-24,28H,27H2,1-4H3;/q-3;/i1D3;. The maximum atomic E-state index is 7.95. The van der Waals surface area contributed by atoms with Gasteiger partial charge >= 0.3 is 0 Å². The molecule has 5 nitrogen and oxygen atoms in total. The van der Waals surface area contributed by atoms with Gasteiger partial charge in [0.25, 0.3) is 0 Å². The molecule has 1 aliphatic rings. The molecule has 1 aliphatic heterocycles. The van der Waals surface area contributed by atoms with E-state index < -0.39 is 6.85 Å². The summed E-state index contributed by atoms with van der Waals surface area (Å²) in [5.41, 5.74) is 7.54. The van der Waals surface area contributed by atoms with Crippen LogP contribution in [0.1, 0.15) is 41.6 Å². The Hall–Kier alpha value is -4.86. The number of benzene rings is 5. The third-order valence-corrected chi connectivity index (χ3v) is 8.62. The summed E-state index contributed by atoms with van der Waals surface area (Å²) in [7, 11) is 0. The van der Waals surface area contributed by atoms with Gasteiger partial charge in [0.05, 0.1) is 0 Å². The van der Waals surface area contributed by atoms with Crippen LogP contribution in [0.2, 0.25) is 0 Å². The van der Waals surface area contributed by atoms with Gasteiger partial charge in [0.1, 0.15) is 5.82 Å². The molecule has 0 aliphatic carbocycles. The first-order valence-electron chi connectivity index (χ1n) is 17.2. The van der Waals surface area contributed by atoms with Gasteiger partial charge in [-0.1, -0.05) is 80.9 Å². The molecule has 0 fully saturated rings. The predicted octanol–water partition coefficient (Wildman–Crippen LogP) is 10.5. The number of nitrogens with zero attached hydrogens (tertiary/aromatic N) is 4. The molecular weight excluding hydrogens is 772 g/mol. The second-order valence-corrected chi connectivity index (χ2v) is 12.9. The second-order valence-electron chi connectivity index (χ2n) is 12.9. The van der Waals surface area contributed by atoms with E-state index >= 15 is 0 Å². The average molecular weight is 810 g/mol. The number of aromatic nitrogens is 2. The number of aryl methyl sites for hydroxylation is 1. The summed E-state index contributed by atoms with van der Waals surface area (Å²) in [6.45, 7) is 7.33. The van der Waals surface area contributed by atoms with E-state index in [4.69, 9.17) is 8.85 Å². The Kier molecular flexibility index (Phi) is 7.41. The van der Waals surface area contributed by atoms with E-state index in [-0.39, 0.29) is 32.0 Å². The summed E-state index contributed by atoms with van der Waals surface area (Å²) < 4.78 is 32.2. The maximum Gasteiger partial charge on any atom is 0.135 e. The van der Waals surface area contributed by atoms with E-state index in [0.717, 1.165) is 45.4 Å². The van der Waals surface area contributed by atoms with Crippen molar-refractivity contribution in [2.75, 3.05) is 9.80 Å². The van der Waals surface area contributed by atoms with Gasteiger partial charge in [-0.15, -0.1) is 41.4 Å². The molecule has 0 atom stereocenters. The number of ether oxygens (including phenoxy) is 1. The number of rotatable bonds is 6. The summed E-state index contributed by atoms with van der Waals surface area (Å²) in [5, 5.41) is 1.97. The number of hydrogen-bond donors (Lipinski definition) is 0. The van der Waals surface area contributed by atoms with E-state index in [0.29, 0.717) is 17.3 Å². The van der Waals surface area contributed by atoms with Crippen molar-refractivity contribution >= 4 is 38.9 Å². The number of fused-ring (bicyclic) bond motifs is 4. The molecule has 0 unspecified atom stereocenters. The minimum Gasteiger partial charge on any atom is -0.509 e. The Bertz CT molecular complexity index is 2380. The van der Waals surface area contributed by atoms with Crippen molar-refractivity contribution in [2.45, 2.75) is 39.6 Å². The zero-order chi connectivity index (χ0) is 34.6. The largest absolute Gasteiger partial charge is 0.509 e. The number of para-hydroxylation sites is 3. The van der Waals surface area contributed by atoms with Crippen LogP contribution >= 0.6 is 0 Å². The molecule has 0 radical (unpaired) electrons. The molecule has 3 heterocycles. The van der Waals surface area contributed by atoms with E-state index in [1.807, 2.05) is 59.2 Å². The number of hydrogen-bond acceptors (Lipinski definition) is 4. The molecule has 242 valence electrons. The van der Waals surface area contributed by atoms with Crippen molar-refractivity contribution in [3.05, 3.63) is 157 Å². The van der Waals surface area contributed by atoms with Gasteiger partial charge < -0.3 is 19.1 Å². The Morgan fingerprint density at radius 3 is 2.44 bits per heavy atom. The van der Waals surface area contributed by atoms with Gasteiger partial charge in [-0.2, -0.15) is 18.8 Å². The minimum atomic E-state index is -2.25. The van der Waals surface area contributed by atoms with Crippen molar-refractivity contribution < 1.29 is 29.9 Å². The molecule has 0 saturated heterocycles. The SMILES string of the molecule is [2H]C([2H])([2H])c1ccnc(-n2c3[c-]c(Oc4[c-]c(N5[CH-]N(Cc6cccc(C(C)(C)C)c6)c6ccccc65)ccc4)ccc3c3ccccc32)c1.[Pt]. The Morgan fingerprint density at radius 2 is 1.58 bits per heavy atom. The molecule has 48 heavy (non-hydrogen) atoms. The Labute approximate surface area is 300 Å². The summed E-state index contributed by atoms with van der Waals surface area (Å²) in [5.74, 6) is 1.56. The molecule has 2 aromatic heterocycles. The average Bonchev–Trinajstić information content (AvgIpc) is 3.63. The Morgan fingerprint density at radius 1 is 0.792 bits per heavy atom. The van der Waals surface area contributed by atoms with Crippen molar-refractivity contribution in [2.24, 2.45) is 0 Å². The summed E-state index contributed by atoms with van der Waals surface area (Å²) in [4.78, 5) is 8.98. The van der Waals surface area contributed by atoms with Crippen molar-refractivity contribution in [1.29, 1.82) is 0 Å². The van der Waals surface area contributed by atoms with Crippen molar-refractivity contribution in [3.63, 3.8) is 0 Å². The fraction of sp³-hybridized carbons (Fsp3) is 0.143. The topological polar surface area (TPSA) is 33.5 Å². The van der Waals surface area contributed by atoms with E-state index in [2.05, 4.69) is 103 Å². The van der Waals surface area contributed by atoms with Crippen LogP contribution in [0.25, 0.3) is 27.6 Å². The molecule has 8 rings (SSSR count). The third kappa shape index (κ3) is 5.88. The van der Waals surface area contributed by atoms with Crippen LogP contribution in [-0.4, -0.2) is 9.55 Å². The quantitative estimate of drug-likeness (QED) is 0.157. The van der Waals surface area contributed by atoms with E-state index in [9.17, 15) is 0 Å². The fourth-order valence-electron chi connectivity index (χ4n) is 6.29. The van der Waals surface area contributed by atoms with Gasteiger partial charge in [0.15, 0.2) is 0 Å². The van der Waals surface area contributed by atoms with E-state index in [1.54, 1.807) is 6.07 Å².